The SMILES string of the molecule is CC(C)NS(=O)(=O)Cc1ccccc1CNC(=O)[C@H](C)NS(=O)(=O)c1ccccc1. The van der Waals surface area contributed by atoms with Crippen molar-refractivity contribution in [2.24, 2.45) is 0 Å². The van der Waals surface area contributed by atoms with Gasteiger partial charge in [-0.05, 0) is 44.0 Å². The van der Waals surface area contributed by atoms with Gasteiger partial charge in [0.05, 0.1) is 16.7 Å². The van der Waals surface area contributed by atoms with Gasteiger partial charge < -0.3 is 5.32 Å². The Morgan fingerprint density at radius 3 is 2.00 bits per heavy atom. The molecule has 0 fully saturated rings. The first-order chi connectivity index (χ1) is 14.0. The van der Waals surface area contributed by atoms with Crippen molar-refractivity contribution in [2.45, 2.75) is 50.0 Å². The van der Waals surface area contributed by atoms with E-state index < -0.39 is 32.0 Å². The van der Waals surface area contributed by atoms with Crippen LogP contribution < -0.4 is 14.8 Å². The molecule has 1 amide bonds. The molecule has 2 aromatic rings. The first kappa shape index (κ1) is 24.0. The van der Waals surface area contributed by atoms with E-state index in [1.54, 1.807) is 56.3 Å². The van der Waals surface area contributed by atoms with Gasteiger partial charge in [0.2, 0.25) is 26.0 Å². The van der Waals surface area contributed by atoms with Gasteiger partial charge >= 0.3 is 0 Å². The van der Waals surface area contributed by atoms with E-state index in [2.05, 4.69) is 14.8 Å². The Hall–Kier alpha value is -2.27. The van der Waals surface area contributed by atoms with Gasteiger partial charge in [-0.3, -0.25) is 4.79 Å². The maximum absolute atomic E-state index is 12.4. The average molecular weight is 454 g/mol. The summed E-state index contributed by atoms with van der Waals surface area (Å²) >= 11 is 0. The van der Waals surface area contributed by atoms with Gasteiger partial charge in [-0.15, -0.1) is 0 Å². The second-order valence-electron chi connectivity index (χ2n) is 7.17. The molecule has 164 valence electrons. The van der Waals surface area contributed by atoms with Crippen molar-refractivity contribution in [2.75, 3.05) is 0 Å². The van der Waals surface area contributed by atoms with Crippen LogP contribution in [0.4, 0.5) is 0 Å². The molecule has 10 heteroatoms. The van der Waals surface area contributed by atoms with E-state index in [0.29, 0.717) is 11.1 Å². The van der Waals surface area contributed by atoms with Crippen molar-refractivity contribution < 1.29 is 21.6 Å². The third-order valence-corrected chi connectivity index (χ3v) is 7.19. The minimum absolute atomic E-state index is 0.0675. The van der Waals surface area contributed by atoms with Gasteiger partial charge in [-0.1, -0.05) is 42.5 Å². The minimum atomic E-state index is -3.83. The Bertz CT molecular complexity index is 1070. The van der Waals surface area contributed by atoms with Crippen LogP contribution in [0, 0.1) is 0 Å². The summed E-state index contributed by atoms with van der Waals surface area (Å²) in [6, 6.07) is 13.4. The summed E-state index contributed by atoms with van der Waals surface area (Å²) in [5, 5.41) is 2.66. The molecule has 1 atom stereocenters. The van der Waals surface area contributed by atoms with Crippen LogP contribution in [0.15, 0.2) is 59.5 Å². The van der Waals surface area contributed by atoms with Crippen LogP contribution in [0.2, 0.25) is 0 Å². The summed E-state index contributed by atoms with van der Waals surface area (Å²) in [4.78, 5) is 12.5. The van der Waals surface area contributed by atoms with Crippen molar-refractivity contribution in [3.8, 4) is 0 Å². The van der Waals surface area contributed by atoms with Crippen LogP contribution in [-0.2, 0) is 37.1 Å². The Morgan fingerprint density at radius 2 is 1.40 bits per heavy atom. The molecule has 0 aromatic heterocycles. The van der Waals surface area contributed by atoms with Crippen LogP contribution in [0.1, 0.15) is 31.9 Å². The molecule has 3 N–H and O–H groups in total. The molecule has 8 nitrogen and oxygen atoms in total. The molecule has 0 spiro atoms. The predicted molar refractivity (Wildman–Crippen MR) is 115 cm³/mol. The van der Waals surface area contributed by atoms with Crippen LogP contribution >= 0.6 is 0 Å². The molecule has 0 radical (unpaired) electrons. The zero-order valence-corrected chi connectivity index (χ0v) is 18.8. The van der Waals surface area contributed by atoms with Crippen LogP contribution in [-0.4, -0.2) is 34.8 Å². The third-order valence-electron chi connectivity index (χ3n) is 4.11. The Labute approximate surface area is 178 Å². The van der Waals surface area contributed by atoms with Crippen molar-refractivity contribution in [1.29, 1.82) is 0 Å². The molecule has 0 heterocycles. The van der Waals surface area contributed by atoms with E-state index in [1.165, 1.54) is 19.1 Å². The highest BCUT2D eigenvalue weighted by Gasteiger charge is 2.22. The highest BCUT2D eigenvalue weighted by molar-refractivity contribution is 7.89. The van der Waals surface area contributed by atoms with E-state index in [-0.39, 0.29) is 23.2 Å². The fraction of sp³-hybridized carbons (Fsp3) is 0.350. The van der Waals surface area contributed by atoms with Gasteiger partial charge in [-0.2, -0.15) is 4.72 Å². The Balaban J connectivity index is 2.03. The summed E-state index contributed by atoms with van der Waals surface area (Å²) in [6.45, 7) is 4.99. The normalized spacial score (nSPS) is 13.2. The quantitative estimate of drug-likeness (QED) is 0.503. The van der Waals surface area contributed by atoms with Gasteiger partial charge in [0, 0.05) is 12.6 Å². The van der Waals surface area contributed by atoms with Crippen LogP contribution in [0.3, 0.4) is 0 Å². The van der Waals surface area contributed by atoms with E-state index in [9.17, 15) is 21.6 Å². The zero-order chi connectivity index (χ0) is 22.4. The van der Waals surface area contributed by atoms with E-state index in [0.717, 1.165) is 0 Å². The lowest BCUT2D eigenvalue weighted by Crippen LogP contribution is -2.44. The molecule has 0 unspecified atom stereocenters. The summed E-state index contributed by atoms with van der Waals surface area (Å²) < 4.78 is 54.0. The van der Waals surface area contributed by atoms with Crippen molar-refractivity contribution >= 4 is 26.0 Å². The molecular formula is C20H27N3O5S2. The van der Waals surface area contributed by atoms with Crippen molar-refractivity contribution in [3.63, 3.8) is 0 Å². The molecule has 2 aromatic carbocycles. The number of hydrogen-bond acceptors (Lipinski definition) is 5. The number of sulfonamides is 2. The van der Waals surface area contributed by atoms with Crippen LogP contribution in [0.25, 0.3) is 0 Å². The van der Waals surface area contributed by atoms with Gasteiger partial charge in [-0.25, -0.2) is 21.6 Å². The molecule has 0 aliphatic heterocycles. The maximum Gasteiger partial charge on any atom is 0.241 e. The molecule has 30 heavy (non-hydrogen) atoms. The van der Waals surface area contributed by atoms with Crippen LogP contribution in [0.5, 0.6) is 0 Å². The number of carbonyl (C=O) groups is 1. The lowest BCUT2D eigenvalue weighted by atomic mass is 10.1. The molecule has 0 saturated heterocycles. The Morgan fingerprint density at radius 1 is 0.833 bits per heavy atom. The summed E-state index contributed by atoms with van der Waals surface area (Å²) in [5.41, 5.74) is 1.20. The Kier molecular flexibility index (Phi) is 8.13. The first-order valence-corrected chi connectivity index (χ1v) is 12.6. The summed E-state index contributed by atoms with van der Waals surface area (Å²) in [5.74, 6) is -0.736. The lowest BCUT2D eigenvalue weighted by Gasteiger charge is -2.16. The highest BCUT2D eigenvalue weighted by atomic mass is 32.2. The van der Waals surface area contributed by atoms with E-state index >= 15 is 0 Å². The standard InChI is InChI=1S/C20H27N3O5S2/c1-15(2)22-29(25,26)14-18-10-8-7-9-17(18)13-21-20(24)16(3)23-30(27,28)19-11-5-4-6-12-19/h4-12,15-16,22-23H,13-14H2,1-3H3,(H,21,24)/t16-/m0/s1. The molecule has 0 bridgehead atoms. The number of benzene rings is 2. The van der Waals surface area contributed by atoms with Gasteiger partial charge in [0.1, 0.15) is 0 Å². The van der Waals surface area contributed by atoms with Crippen molar-refractivity contribution in [3.05, 3.63) is 65.7 Å². The molecular weight excluding hydrogens is 426 g/mol. The molecule has 0 aliphatic rings. The fourth-order valence-corrected chi connectivity index (χ4v) is 5.48. The average Bonchev–Trinajstić information content (AvgIpc) is 2.66. The number of rotatable bonds is 10. The first-order valence-electron chi connectivity index (χ1n) is 9.42. The summed E-state index contributed by atoms with van der Waals surface area (Å²) in [6.07, 6.45) is 0. The zero-order valence-electron chi connectivity index (χ0n) is 17.1. The maximum atomic E-state index is 12.4. The van der Waals surface area contributed by atoms with Gasteiger partial charge in [0.25, 0.3) is 0 Å². The molecule has 0 saturated carbocycles. The number of amides is 1. The topological polar surface area (TPSA) is 121 Å². The van der Waals surface area contributed by atoms with E-state index in [4.69, 9.17) is 0 Å². The second-order valence-corrected chi connectivity index (χ2v) is 10.6. The second kappa shape index (κ2) is 10.2. The fourth-order valence-electron chi connectivity index (χ4n) is 2.77. The van der Waals surface area contributed by atoms with Crippen molar-refractivity contribution in [1.82, 2.24) is 14.8 Å². The van der Waals surface area contributed by atoms with Gasteiger partial charge in [0.15, 0.2) is 0 Å². The molecule has 0 aliphatic carbocycles. The minimum Gasteiger partial charge on any atom is -0.351 e. The highest BCUT2D eigenvalue weighted by Crippen LogP contribution is 2.13. The smallest absolute Gasteiger partial charge is 0.241 e. The summed E-state index contributed by atoms with van der Waals surface area (Å²) in [7, 11) is -7.35. The predicted octanol–water partition coefficient (Wildman–Crippen LogP) is 1.50. The number of hydrogen-bond donors (Lipinski definition) is 3. The number of carbonyl (C=O) groups excluding carboxylic acids is 1. The largest absolute Gasteiger partial charge is 0.351 e. The monoisotopic (exact) mass is 453 g/mol. The molecule has 2 rings (SSSR count). The number of nitrogens with one attached hydrogen (secondary N) is 3. The van der Waals surface area contributed by atoms with E-state index in [1.807, 2.05) is 0 Å². The lowest BCUT2D eigenvalue weighted by molar-refractivity contribution is -0.122. The third kappa shape index (κ3) is 7.21.